The molecule has 0 aliphatic heterocycles. The summed E-state index contributed by atoms with van der Waals surface area (Å²) in [6, 6.07) is 10.5. The molecule has 1 aromatic heterocycles. The third kappa shape index (κ3) is 2.55. The van der Waals surface area contributed by atoms with Crippen LogP contribution in [-0.2, 0) is 5.88 Å². The van der Waals surface area contributed by atoms with E-state index in [-0.39, 0.29) is 0 Å². The van der Waals surface area contributed by atoms with E-state index in [1.807, 2.05) is 0 Å². The van der Waals surface area contributed by atoms with Crippen LogP contribution < -0.4 is 4.90 Å². The highest BCUT2D eigenvalue weighted by Crippen LogP contribution is 2.39. The largest absolute Gasteiger partial charge is 0.359 e. The minimum Gasteiger partial charge on any atom is -0.359 e. The van der Waals surface area contributed by atoms with Crippen LogP contribution in [0.1, 0.15) is 19.0 Å². The Hall–Kier alpha value is -1.28. The lowest BCUT2D eigenvalue weighted by molar-refractivity contribution is 0.720. The molecule has 1 heterocycles. The van der Waals surface area contributed by atoms with Crippen LogP contribution in [0.2, 0.25) is 0 Å². The molecule has 3 heteroatoms. The number of aromatic nitrogens is 1. The molecule has 1 fully saturated rings. The van der Waals surface area contributed by atoms with Crippen LogP contribution >= 0.6 is 11.6 Å². The molecule has 0 bridgehead atoms. The molecular weight excluding hydrogens is 256 g/mol. The number of pyridine rings is 1. The van der Waals surface area contributed by atoms with Crippen molar-refractivity contribution >= 4 is 28.2 Å². The highest BCUT2D eigenvalue weighted by Gasteiger charge is 2.33. The van der Waals surface area contributed by atoms with E-state index in [4.69, 9.17) is 16.6 Å². The summed E-state index contributed by atoms with van der Waals surface area (Å²) in [7, 11) is 2.14. The standard InChI is InChI=1S/C16H19ClN2/c1-11-7-13(11)10-19(2)16-15-6-4-3-5-12(15)8-14(9-17)18-16/h3-6,8,11,13H,7,9-10H2,1-2H3. The van der Waals surface area contributed by atoms with Gasteiger partial charge in [-0.2, -0.15) is 0 Å². The summed E-state index contributed by atoms with van der Waals surface area (Å²) >= 11 is 5.96. The number of alkyl halides is 1. The van der Waals surface area contributed by atoms with Crippen molar-refractivity contribution in [2.75, 3.05) is 18.5 Å². The zero-order valence-corrected chi connectivity index (χ0v) is 12.2. The van der Waals surface area contributed by atoms with Gasteiger partial charge in [0.1, 0.15) is 5.82 Å². The first-order valence-corrected chi connectivity index (χ1v) is 7.38. The molecule has 2 aromatic rings. The number of hydrogen-bond acceptors (Lipinski definition) is 2. The molecule has 0 spiro atoms. The number of anilines is 1. The Morgan fingerprint density at radius 3 is 2.79 bits per heavy atom. The molecule has 1 aromatic carbocycles. The zero-order chi connectivity index (χ0) is 13.4. The van der Waals surface area contributed by atoms with Gasteiger partial charge in [-0.3, -0.25) is 0 Å². The molecule has 1 aliphatic rings. The maximum Gasteiger partial charge on any atom is 0.136 e. The van der Waals surface area contributed by atoms with E-state index in [9.17, 15) is 0 Å². The number of benzene rings is 1. The van der Waals surface area contributed by atoms with Crippen molar-refractivity contribution in [1.82, 2.24) is 4.98 Å². The number of halogens is 1. The first-order chi connectivity index (χ1) is 9.19. The van der Waals surface area contributed by atoms with Crippen molar-refractivity contribution in [3.05, 3.63) is 36.0 Å². The summed E-state index contributed by atoms with van der Waals surface area (Å²) < 4.78 is 0. The lowest BCUT2D eigenvalue weighted by atomic mass is 10.1. The molecule has 1 saturated carbocycles. The van der Waals surface area contributed by atoms with Gasteiger partial charge in [0.25, 0.3) is 0 Å². The van der Waals surface area contributed by atoms with Crippen LogP contribution in [0.15, 0.2) is 30.3 Å². The van der Waals surface area contributed by atoms with Gasteiger partial charge in [0.05, 0.1) is 11.6 Å². The minimum atomic E-state index is 0.464. The maximum absolute atomic E-state index is 5.96. The van der Waals surface area contributed by atoms with Gasteiger partial charge in [0, 0.05) is 19.0 Å². The Morgan fingerprint density at radius 2 is 2.11 bits per heavy atom. The highest BCUT2D eigenvalue weighted by atomic mass is 35.5. The molecule has 1 aliphatic carbocycles. The summed E-state index contributed by atoms with van der Waals surface area (Å²) in [5.41, 5.74) is 0.950. The molecule has 2 nitrogen and oxygen atoms in total. The first-order valence-electron chi connectivity index (χ1n) is 6.85. The van der Waals surface area contributed by atoms with E-state index < -0.39 is 0 Å². The normalized spacial score (nSPS) is 21.6. The fourth-order valence-corrected chi connectivity index (χ4v) is 2.82. The Labute approximate surface area is 119 Å². The molecule has 3 rings (SSSR count). The second-order valence-corrected chi connectivity index (χ2v) is 5.91. The van der Waals surface area contributed by atoms with Crippen LogP contribution in [0.4, 0.5) is 5.82 Å². The average molecular weight is 275 g/mol. The van der Waals surface area contributed by atoms with Gasteiger partial charge in [-0.25, -0.2) is 4.98 Å². The SMILES string of the molecule is CC1CC1CN(C)c1nc(CCl)cc2ccccc12. The minimum absolute atomic E-state index is 0.464. The summed E-state index contributed by atoms with van der Waals surface area (Å²) in [4.78, 5) is 7.00. The van der Waals surface area contributed by atoms with E-state index in [0.29, 0.717) is 5.88 Å². The van der Waals surface area contributed by atoms with Crippen molar-refractivity contribution < 1.29 is 0 Å². The second kappa shape index (κ2) is 5.01. The van der Waals surface area contributed by atoms with Gasteiger partial charge >= 0.3 is 0 Å². The molecule has 0 saturated heterocycles. The average Bonchev–Trinajstić information content (AvgIpc) is 3.12. The summed E-state index contributed by atoms with van der Waals surface area (Å²) in [6.07, 6.45) is 1.34. The summed E-state index contributed by atoms with van der Waals surface area (Å²) in [5, 5.41) is 2.44. The van der Waals surface area contributed by atoms with E-state index in [2.05, 4.69) is 49.2 Å². The first kappa shape index (κ1) is 12.7. The maximum atomic E-state index is 5.96. The van der Waals surface area contributed by atoms with Crippen molar-refractivity contribution in [1.29, 1.82) is 0 Å². The summed E-state index contributed by atoms with van der Waals surface area (Å²) in [6.45, 7) is 3.41. The van der Waals surface area contributed by atoms with Crippen LogP contribution in [0, 0.1) is 11.8 Å². The number of hydrogen-bond donors (Lipinski definition) is 0. The molecule has 0 amide bonds. The lowest BCUT2D eigenvalue weighted by Crippen LogP contribution is -2.22. The molecule has 0 radical (unpaired) electrons. The number of rotatable bonds is 4. The van der Waals surface area contributed by atoms with E-state index in [0.717, 1.165) is 29.9 Å². The smallest absolute Gasteiger partial charge is 0.136 e. The quantitative estimate of drug-likeness (QED) is 0.782. The van der Waals surface area contributed by atoms with Gasteiger partial charge < -0.3 is 4.90 Å². The van der Waals surface area contributed by atoms with E-state index in [1.165, 1.54) is 17.2 Å². The Morgan fingerprint density at radius 1 is 1.37 bits per heavy atom. The van der Waals surface area contributed by atoms with Crippen molar-refractivity contribution in [2.24, 2.45) is 11.8 Å². The molecular formula is C16H19ClN2. The van der Waals surface area contributed by atoms with Gasteiger partial charge in [-0.05, 0) is 29.7 Å². The fraction of sp³-hybridized carbons (Fsp3) is 0.438. The van der Waals surface area contributed by atoms with Crippen LogP contribution in [0.5, 0.6) is 0 Å². The Kier molecular flexibility index (Phi) is 3.36. The van der Waals surface area contributed by atoms with Crippen LogP contribution in [0.3, 0.4) is 0 Å². The Balaban J connectivity index is 2.00. The van der Waals surface area contributed by atoms with Crippen molar-refractivity contribution in [3.63, 3.8) is 0 Å². The topological polar surface area (TPSA) is 16.1 Å². The fourth-order valence-electron chi connectivity index (χ4n) is 2.69. The van der Waals surface area contributed by atoms with Crippen molar-refractivity contribution in [3.8, 4) is 0 Å². The predicted molar refractivity (Wildman–Crippen MR) is 81.8 cm³/mol. The van der Waals surface area contributed by atoms with Gasteiger partial charge in [-0.1, -0.05) is 31.2 Å². The Bertz CT molecular complexity index is 596. The predicted octanol–water partition coefficient (Wildman–Crippen LogP) is 4.07. The molecule has 100 valence electrons. The van der Waals surface area contributed by atoms with Gasteiger partial charge in [-0.15, -0.1) is 11.6 Å². The van der Waals surface area contributed by atoms with Crippen molar-refractivity contribution in [2.45, 2.75) is 19.2 Å². The second-order valence-electron chi connectivity index (χ2n) is 5.65. The monoisotopic (exact) mass is 274 g/mol. The molecule has 19 heavy (non-hydrogen) atoms. The van der Waals surface area contributed by atoms with E-state index >= 15 is 0 Å². The lowest BCUT2D eigenvalue weighted by Gasteiger charge is -2.21. The third-order valence-corrected chi connectivity index (χ3v) is 4.33. The number of nitrogens with zero attached hydrogens (tertiary/aromatic N) is 2. The van der Waals surface area contributed by atoms with Crippen LogP contribution in [-0.4, -0.2) is 18.6 Å². The van der Waals surface area contributed by atoms with Gasteiger partial charge in [0.2, 0.25) is 0 Å². The molecule has 0 N–H and O–H groups in total. The highest BCUT2D eigenvalue weighted by molar-refractivity contribution is 6.17. The van der Waals surface area contributed by atoms with Gasteiger partial charge in [0.15, 0.2) is 0 Å². The summed E-state index contributed by atoms with van der Waals surface area (Å²) in [5.74, 6) is 3.22. The zero-order valence-electron chi connectivity index (χ0n) is 11.4. The number of fused-ring (bicyclic) bond motifs is 1. The van der Waals surface area contributed by atoms with Crippen LogP contribution in [0.25, 0.3) is 10.8 Å². The van der Waals surface area contributed by atoms with E-state index in [1.54, 1.807) is 0 Å². The third-order valence-electron chi connectivity index (χ3n) is 4.06. The molecule has 2 atom stereocenters. The molecule has 2 unspecified atom stereocenters.